The van der Waals surface area contributed by atoms with Gasteiger partial charge in [-0.25, -0.2) is 0 Å². The van der Waals surface area contributed by atoms with Crippen molar-refractivity contribution >= 4 is 17.7 Å². The number of hydrogen-bond donors (Lipinski definition) is 2. The van der Waals surface area contributed by atoms with Crippen molar-refractivity contribution in [1.29, 1.82) is 0 Å². The molecule has 0 bridgehead atoms. The third kappa shape index (κ3) is 4.44. The summed E-state index contributed by atoms with van der Waals surface area (Å²) in [6, 6.07) is 0. The lowest BCUT2D eigenvalue weighted by Gasteiger charge is -2.24. The zero-order chi connectivity index (χ0) is 12.8. The standard InChI is InChI=1S/C13H24N2O2S/c1-13(5-2-8-18-13)10-15-12(16)9-17-11-3-6-14-7-4-11/h11,14H,2-10H2,1H3,(H,15,16). The first-order chi connectivity index (χ1) is 8.68. The van der Waals surface area contributed by atoms with E-state index in [1.165, 1.54) is 18.6 Å². The van der Waals surface area contributed by atoms with E-state index in [9.17, 15) is 4.79 Å². The van der Waals surface area contributed by atoms with Gasteiger partial charge in [-0.1, -0.05) is 0 Å². The Morgan fingerprint density at radius 2 is 2.28 bits per heavy atom. The van der Waals surface area contributed by atoms with Crippen LogP contribution in [0.3, 0.4) is 0 Å². The van der Waals surface area contributed by atoms with Gasteiger partial charge in [-0.2, -0.15) is 11.8 Å². The van der Waals surface area contributed by atoms with E-state index >= 15 is 0 Å². The monoisotopic (exact) mass is 272 g/mol. The van der Waals surface area contributed by atoms with E-state index in [0.29, 0.717) is 0 Å². The molecule has 2 N–H and O–H groups in total. The van der Waals surface area contributed by atoms with Crippen molar-refractivity contribution in [2.45, 2.75) is 43.5 Å². The van der Waals surface area contributed by atoms with Gasteiger partial charge >= 0.3 is 0 Å². The van der Waals surface area contributed by atoms with Crippen molar-refractivity contribution in [3.63, 3.8) is 0 Å². The van der Waals surface area contributed by atoms with E-state index < -0.39 is 0 Å². The van der Waals surface area contributed by atoms with Gasteiger partial charge in [0.05, 0.1) is 6.10 Å². The van der Waals surface area contributed by atoms with Crippen molar-refractivity contribution in [1.82, 2.24) is 10.6 Å². The van der Waals surface area contributed by atoms with Crippen LogP contribution < -0.4 is 10.6 Å². The maximum absolute atomic E-state index is 11.7. The summed E-state index contributed by atoms with van der Waals surface area (Å²) in [5.74, 6) is 1.25. The van der Waals surface area contributed by atoms with Crippen LogP contribution in [0.4, 0.5) is 0 Å². The van der Waals surface area contributed by atoms with Crippen LogP contribution in [0, 0.1) is 0 Å². The number of carbonyl (C=O) groups excluding carboxylic acids is 1. The second-order valence-corrected chi connectivity index (χ2v) is 7.12. The van der Waals surface area contributed by atoms with Gasteiger partial charge in [0, 0.05) is 11.3 Å². The largest absolute Gasteiger partial charge is 0.368 e. The molecule has 4 nitrogen and oxygen atoms in total. The summed E-state index contributed by atoms with van der Waals surface area (Å²) < 4.78 is 5.87. The fraction of sp³-hybridized carbons (Fsp3) is 0.923. The lowest BCUT2D eigenvalue weighted by molar-refractivity contribution is -0.128. The molecule has 2 heterocycles. The van der Waals surface area contributed by atoms with Crippen molar-refractivity contribution < 1.29 is 9.53 Å². The molecule has 2 saturated heterocycles. The maximum atomic E-state index is 11.7. The molecule has 2 rings (SSSR count). The minimum absolute atomic E-state index is 0.0299. The van der Waals surface area contributed by atoms with Crippen LogP contribution in [-0.2, 0) is 9.53 Å². The van der Waals surface area contributed by atoms with Gasteiger partial charge in [0.25, 0.3) is 0 Å². The van der Waals surface area contributed by atoms with Crippen LogP contribution in [-0.4, -0.2) is 48.8 Å². The summed E-state index contributed by atoms with van der Waals surface area (Å²) >= 11 is 1.97. The summed E-state index contributed by atoms with van der Waals surface area (Å²) in [4.78, 5) is 11.7. The number of piperidine rings is 1. The maximum Gasteiger partial charge on any atom is 0.246 e. The molecule has 2 fully saturated rings. The van der Waals surface area contributed by atoms with E-state index in [4.69, 9.17) is 4.74 Å². The highest BCUT2D eigenvalue weighted by atomic mass is 32.2. The smallest absolute Gasteiger partial charge is 0.246 e. The molecular weight excluding hydrogens is 248 g/mol. The normalized spacial score (nSPS) is 29.4. The average molecular weight is 272 g/mol. The van der Waals surface area contributed by atoms with Gasteiger partial charge in [-0.3, -0.25) is 4.79 Å². The number of rotatable bonds is 5. The zero-order valence-corrected chi connectivity index (χ0v) is 12.0. The first-order valence-corrected chi connectivity index (χ1v) is 7.89. The first-order valence-electron chi connectivity index (χ1n) is 6.91. The Morgan fingerprint density at radius 1 is 1.50 bits per heavy atom. The summed E-state index contributed by atoms with van der Waals surface area (Å²) in [5, 5.41) is 6.29. The van der Waals surface area contributed by atoms with Crippen LogP contribution in [0.25, 0.3) is 0 Å². The summed E-state index contributed by atoms with van der Waals surface area (Å²) in [5.41, 5.74) is 0. The predicted octanol–water partition coefficient (Wildman–Crippen LogP) is 1.16. The highest BCUT2D eigenvalue weighted by molar-refractivity contribution is 8.00. The molecule has 0 radical (unpaired) electrons. The fourth-order valence-electron chi connectivity index (χ4n) is 2.47. The number of amides is 1. The second kappa shape index (κ2) is 6.78. The molecule has 0 aromatic rings. The van der Waals surface area contributed by atoms with E-state index in [0.717, 1.165) is 32.5 Å². The molecule has 5 heteroatoms. The lowest BCUT2D eigenvalue weighted by atomic mass is 10.1. The lowest BCUT2D eigenvalue weighted by Crippen LogP contribution is -2.40. The van der Waals surface area contributed by atoms with Gasteiger partial charge in [0.1, 0.15) is 6.61 Å². The molecule has 0 spiro atoms. The van der Waals surface area contributed by atoms with Crippen molar-refractivity contribution in [3.8, 4) is 0 Å². The SMILES string of the molecule is CC1(CNC(=O)COC2CCNCC2)CCCS1. The topological polar surface area (TPSA) is 50.4 Å². The van der Waals surface area contributed by atoms with E-state index in [-0.39, 0.29) is 23.4 Å². The van der Waals surface area contributed by atoms with Crippen LogP contribution in [0.5, 0.6) is 0 Å². The third-order valence-electron chi connectivity index (χ3n) is 3.70. The second-order valence-electron chi connectivity index (χ2n) is 5.44. The van der Waals surface area contributed by atoms with Crippen LogP contribution in [0.15, 0.2) is 0 Å². The molecular formula is C13H24N2O2S. The van der Waals surface area contributed by atoms with E-state index in [1.54, 1.807) is 0 Å². The summed E-state index contributed by atoms with van der Waals surface area (Å²) in [6.07, 6.45) is 4.76. The van der Waals surface area contributed by atoms with Crippen LogP contribution in [0.2, 0.25) is 0 Å². The molecule has 2 aliphatic rings. The molecule has 2 aliphatic heterocycles. The average Bonchev–Trinajstić information content (AvgIpc) is 2.83. The first kappa shape index (κ1) is 14.2. The van der Waals surface area contributed by atoms with Crippen molar-refractivity contribution in [2.75, 3.05) is 32.0 Å². The molecule has 0 aliphatic carbocycles. The number of ether oxygens (including phenoxy) is 1. The van der Waals surface area contributed by atoms with E-state index in [2.05, 4.69) is 17.6 Å². The molecule has 0 aromatic carbocycles. The quantitative estimate of drug-likeness (QED) is 0.788. The molecule has 1 amide bonds. The minimum Gasteiger partial charge on any atom is -0.368 e. The van der Waals surface area contributed by atoms with Gasteiger partial charge in [0.2, 0.25) is 5.91 Å². The Balaban J connectivity index is 1.59. The molecule has 104 valence electrons. The Labute approximate surface area is 114 Å². The Morgan fingerprint density at radius 3 is 2.94 bits per heavy atom. The van der Waals surface area contributed by atoms with Gasteiger partial charge in [-0.15, -0.1) is 0 Å². The number of nitrogens with one attached hydrogen (secondary N) is 2. The summed E-state index contributed by atoms with van der Waals surface area (Å²) in [7, 11) is 0. The van der Waals surface area contributed by atoms with Gasteiger partial charge in [0.15, 0.2) is 0 Å². The molecule has 0 aromatic heterocycles. The van der Waals surface area contributed by atoms with Gasteiger partial charge < -0.3 is 15.4 Å². The minimum atomic E-state index is 0.0299. The van der Waals surface area contributed by atoms with Crippen LogP contribution in [0.1, 0.15) is 32.6 Å². The summed E-state index contributed by atoms with van der Waals surface area (Å²) in [6.45, 7) is 5.22. The molecule has 18 heavy (non-hydrogen) atoms. The molecule has 0 saturated carbocycles. The zero-order valence-electron chi connectivity index (χ0n) is 11.2. The molecule has 1 unspecified atom stereocenters. The number of carbonyl (C=O) groups is 1. The van der Waals surface area contributed by atoms with Crippen LogP contribution >= 0.6 is 11.8 Å². The van der Waals surface area contributed by atoms with E-state index in [1.807, 2.05) is 11.8 Å². The third-order valence-corrected chi connectivity index (χ3v) is 5.23. The predicted molar refractivity (Wildman–Crippen MR) is 75.0 cm³/mol. The Bertz CT molecular complexity index is 274. The Kier molecular flexibility index (Phi) is 5.33. The van der Waals surface area contributed by atoms with Gasteiger partial charge in [-0.05, 0) is 51.4 Å². The fourth-order valence-corrected chi connectivity index (χ4v) is 3.71. The molecule has 1 atom stereocenters. The highest BCUT2D eigenvalue weighted by Gasteiger charge is 2.29. The Hall–Kier alpha value is -0.260. The highest BCUT2D eigenvalue weighted by Crippen LogP contribution is 2.36. The number of thioether (sulfide) groups is 1. The van der Waals surface area contributed by atoms with Crippen molar-refractivity contribution in [2.24, 2.45) is 0 Å². The number of hydrogen-bond acceptors (Lipinski definition) is 4. The van der Waals surface area contributed by atoms with Crippen molar-refractivity contribution in [3.05, 3.63) is 0 Å².